The van der Waals surface area contributed by atoms with Gasteiger partial charge >= 0.3 is 0 Å². The van der Waals surface area contributed by atoms with Crippen LogP contribution in [-0.2, 0) is 0 Å². The largest absolute Gasteiger partial charge is 0.366 e. The zero-order chi connectivity index (χ0) is 15.7. The molecule has 1 aromatic heterocycles. The number of nitrogens with one attached hydrogen (secondary N) is 1. The number of benzene rings is 1. The molecule has 0 saturated carbocycles. The Hall–Kier alpha value is -1.85. The van der Waals surface area contributed by atoms with E-state index in [1.165, 1.54) is 12.1 Å². The molecule has 1 fully saturated rings. The second-order valence-electron chi connectivity index (χ2n) is 6.28. The van der Waals surface area contributed by atoms with Crippen LogP contribution in [-0.4, -0.2) is 35.4 Å². The Morgan fingerprint density at radius 2 is 2.04 bits per heavy atom. The molecule has 3 N–H and O–H groups in total. The van der Waals surface area contributed by atoms with Crippen molar-refractivity contribution < 1.29 is 9.18 Å². The number of nitrogens with two attached hydrogens (primary N) is 1. The van der Waals surface area contributed by atoms with E-state index in [9.17, 15) is 9.18 Å². The van der Waals surface area contributed by atoms with E-state index < -0.39 is 0 Å². The first-order valence-corrected chi connectivity index (χ1v) is 7.44. The number of hydrogen-bond donors (Lipinski definition) is 2. The third kappa shape index (κ3) is 3.41. The molecule has 1 aliphatic rings. The van der Waals surface area contributed by atoms with Gasteiger partial charge < -0.3 is 15.6 Å². The molecule has 1 amide bonds. The maximum absolute atomic E-state index is 13.1. The van der Waals surface area contributed by atoms with Crippen LogP contribution in [0.2, 0.25) is 0 Å². The topological polar surface area (TPSA) is 62.1 Å². The summed E-state index contributed by atoms with van der Waals surface area (Å²) in [4.78, 5) is 17.6. The van der Waals surface area contributed by atoms with E-state index in [1.807, 2.05) is 4.90 Å². The molecule has 1 unspecified atom stereocenters. The first-order valence-electron chi connectivity index (χ1n) is 7.44. The Labute approximate surface area is 141 Å². The summed E-state index contributed by atoms with van der Waals surface area (Å²) in [5.74, 6) is -0.289. The van der Waals surface area contributed by atoms with Crippen molar-refractivity contribution >= 4 is 18.3 Å². The zero-order valence-corrected chi connectivity index (χ0v) is 13.8. The van der Waals surface area contributed by atoms with Crippen molar-refractivity contribution in [2.24, 2.45) is 11.1 Å². The number of H-pyrrole nitrogens is 1. The summed E-state index contributed by atoms with van der Waals surface area (Å²) < 4.78 is 13.1. The van der Waals surface area contributed by atoms with Crippen LogP contribution in [0.15, 0.2) is 36.7 Å². The maximum atomic E-state index is 13.1. The Kier molecular flexibility index (Phi) is 5.12. The van der Waals surface area contributed by atoms with Crippen LogP contribution >= 0.6 is 12.4 Å². The lowest BCUT2D eigenvalue weighted by atomic mass is 9.90. The van der Waals surface area contributed by atoms with Crippen molar-refractivity contribution in [3.05, 3.63) is 48.0 Å². The summed E-state index contributed by atoms with van der Waals surface area (Å²) >= 11 is 0. The van der Waals surface area contributed by atoms with Gasteiger partial charge in [-0.05, 0) is 36.1 Å². The molecule has 0 spiro atoms. The summed E-state index contributed by atoms with van der Waals surface area (Å²) in [7, 11) is 0. The molecule has 3 rings (SSSR count). The van der Waals surface area contributed by atoms with Crippen molar-refractivity contribution in [1.82, 2.24) is 9.88 Å². The van der Waals surface area contributed by atoms with Crippen LogP contribution in [0.3, 0.4) is 0 Å². The third-order valence-electron chi connectivity index (χ3n) is 4.47. The van der Waals surface area contributed by atoms with E-state index in [-0.39, 0.29) is 29.5 Å². The lowest BCUT2D eigenvalue weighted by Gasteiger charge is -2.22. The molecule has 1 aromatic carbocycles. The molecule has 124 valence electrons. The normalized spacial score (nSPS) is 20.4. The number of carbonyl (C=O) groups excluding carboxylic acids is 1. The molecule has 23 heavy (non-hydrogen) atoms. The summed E-state index contributed by atoms with van der Waals surface area (Å²) in [5, 5.41) is 0. The molecule has 4 nitrogen and oxygen atoms in total. The Morgan fingerprint density at radius 3 is 2.65 bits per heavy atom. The average molecular weight is 338 g/mol. The van der Waals surface area contributed by atoms with Gasteiger partial charge in [0.2, 0.25) is 0 Å². The van der Waals surface area contributed by atoms with Gasteiger partial charge in [-0.2, -0.15) is 0 Å². The van der Waals surface area contributed by atoms with E-state index in [2.05, 4.69) is 11.9 Å². The Morgan fingerprint density at radius 1 is 1.35 bits per heavy atom. The molecular formula is C17H21ClFN3O. The number of hydrogen-bond acceptors (Lipinski definition) is 2. The second-order valence-corrected chi connectivity index (χ2v) is 6.28. The van der Waals surface area contributed by atoms with Crippen molar-refractivity contribution in [2.45, 2.75) is 13.3 Å². The van der Waals surface area contributed by atoms with Crippen LogP contribution < -0.4 is 5.73 Å². The molecule has 1 aliphatic heterocycles. The van der Waals surface area contributed by atoms with Crippen LogP contribution in [0.1, 0.15) is 23.7 Å². The number of nitrogens with zero attached hydrogens (tertiary/aromatic N) is 1. The van der Waals surface area contributed by atoms with Crippen LogP contribution in [0.5, 0.6) is 0 Å². The zero-order valence-electron chi connectivity index (χ0n) is 13.0. The first kappa shape index (κ1) is 17.5. The number of carbonyl (C=O) groups is 1. The number of aromatic nitrogens is 1. The Balaban J connectivity index is 0.00000192. The van der Waals surface area contributed by atoms with Gasteiger partial charge in [-0.25, -0.2) is 4.39 Å². The quantitative estimate of drug-likeness (QED) is 0.904. The number of likely N-dealkylation sites (tertiary alicyclic amines) is 1. The van der Waals surface area contributed by atoms with Crippen LogP contribution in [0.4, 0.5) is 4.39 Å². The predicted octanol–water partition coefficient (Wildman–Crippen LogP) is 3.05. The second kappa shape index (κ2) is 6.72. The fraction of sp³-hybridized carbons (Fsp3) is 0.353. The van der Waals surface area contributed by atoms with Gasteiger partial charge in [0.05, 0.1) is 5.56 Å². The van der Waals surface area contributed by atoms with Gasteiger partial charge in [0.1, 0.15) is 5.82 Å². The van der Waals surface area contributed by atoms with Gasteiger partial charge in [-0.15, -0.1) is 12.4 Å². The van der Waals surface area contributed by atoms with Crippen LogP contribution in [0.25, 0.3) is 11.1 Å². The summed E-state index contributed by atoms with van der Waals surface area (Å²) in [5.41, 5.74) is 8.05. The fourth-order valence-corrected chi connectivity index (χ4v) is 2.94. The van der Waals surface area contributed by atoms with E-state index in [0.29, 0.717) is 18.7 Å². The summed E-state index contributed by atoms with van der Waals surface area (Å²) in [6, 6.07) is 6.17. The average Bonchev–Trinajstić information content (AvgIpc) is 3.15. The molecule has 0 bridgehead atoms. The van der Waals surface area contributed by atoms with Gasteiger partial charge in [0.25, 0.3) is 5.91 Å². The SMILES string of the molecule is CC1(CN)CCN(C(=O)c2c[nH]cc2-c2ccc(F)cc2)C1.Cl. The number of rotatable bonds is 3. The number of aromatic amines is 1. The van der Waals surface area contributed by atoms with E-state index in [4.69, 9.17) is 5.73 Å². The highest BCUT2D eigenvalue weighted by Gasteiger charge is 2.35. The highest BCUT2D eigenvalue weighted by molar-refractivity contribution is 6.01. The first-order chi connectivity index (χ1) is 10.5. The monoisotopic (exact) mass is 337 g/mol. The molecule has 0 aliphatic carbocycles. The van der Waals surface area contributed by atoms with E-state index in [1.54, 1.807) is 24.5 Å². The Bertz CT molecular complexity index is 685. The molecule has 2 aromatic rings. The minimum absolute atomic E-state index is 0. The number of halogens is 2. The lowest BCUT2D eigenvalue weighted by molar-refractivity contribution is 0.0778. The van der Waals surface area contributed by atoms with Gasteiger partial charge in [-0.1, -0.05) is 19.1 Å². The van der Waals surface area contributed by atoms with Crippen molar-refractivity contribution in [3.63, 3.8) is 0 Å². The molecule has 0 radical (unpaired) electrons. The number of amides is 1. The highest BCUT2D eigenvalue weighted by Crippen LogP contribution is 2.31. The molecule has 6 heteroatoms. The molecule has 1 atom stereocenters. The van der Waals surface area contributed by atoms with Crippen molar-refractivity contribution in [3.8, 4) is 11.1 Å². The van der Waals surface area contributed by atoms with Gasteiger partial charge in [0, 0.05) is 31.0 Å². The summed E-state index contributed by atoms with van der Waals surface area (Å²) in [6.45, 7) is 4.09. The van der Waals surface area contributed by atoms with Crippen molar-refractivity contribution in [1.29, 1.82) is 0 Å². The minimum atomic E-state index is -0.287. The smallest absolute Gasteiger partial charge is 0.256 e. The van der Waals surface area contributed by atoms with E-state index >= 15 is 0 Å². The molecular weight excluding hydrogens is 317 g/mol. The molecule has 2 heterocycles. The third-order valence-corrected chi connectivity index (χ3v) is 4.47. The minimum Gasteiger partial charge on any atom is -0.366 e. The van der Waals surface area contributed by atoms with Gasteiger partial charge in [0.15, 0.2) is 0 Å². The summed E-state index contributed by atoms with van der Waals surface area (Å²) in [6.07, 6.45) is 4.41. The fourth-order valence-electron chi connectivity index (χ4n) is 2.94. The maximum Gasteiger partial charge on any atom is 0.256 e. The van der Waals surface area contributed by atoms with E-state index in [0.717, 1.165) is 24.1 Å². The predicted molar refractivity (Wildman–Crippen MR) is 91.1 cm³/mol. The lowest BCUT2D eigenvalue weighted by Crippen LogP contribution is -2.34. The highest BCUT2D eigenvalue weighted by atomic mass is 35.5. The van der Waals surface area contributed by atoms with Crippen LogP contribution in [0, 0.1) is 11.2 Å². The van der Waals surface area contributed by atoms with Crippen molar-refractivity contribution in [2.75, 3.05) is 19.6 Å². The van der Waals surface area contributed by atoms with Gasteiger partial charge in [-0.3, -0.25) is 4.79 Å². The standard InChI is InChI=1S/C17H20FN3O.ClH/c1-17(10-19)6-7-21(11-17)16(22)15-9-20-8-14(15)12-2-4-13(18)5-3-12;/h2-5,8-9,20H,6-7,10-11,19H2,1H3;1H. The molecule has 1 saturated heterocycles.